The number of nitrogens with one attached hydrogen (secondary N) is 1. The van der Waals surface area contributed by atoms with Crippen LogP contribution in [0.1, 0.15) is 37.7 Å². The minimum Gasteiger partial charge on any atom is -0.481 e. The second-order valence-electron chi connectivity index (χ2n) is 10.5. The molecule has 2 saturated heterocycles. The summed E-state index contributed by atoms with van der Waals surface area (Å²) in [6, 6.07) is 9.83. The van der Waals surface area contributed by atoms with Crippen LogP contribution in [0.4, 0.5) is 5.95 Å². The van der Waals surface area contributed by atoms with Gasteiger partial charge in [0.15, 0.2) is 5.75 Å². The molecule has 0 spiro atoms. The minimum absolute atomic E-state index is 0. The average molecular weight is 658 g/mol. The number of carboxylic acid groups (broad SMARTS) is 1. The Morgan fingerprint density at radius 2 is 1.62 bits per heavy atom. The van der Waals surface area contributed by atoms with Crippen LogP contribution in [0, 0.1) is 5.92 Å². The summed E-state index contributed by atoms with van der Waals surface area (Å²) in [5, 5.41) is 13.5. The molecule has 0 saturated carbocycles. The summed E-state index contributed by atoms with van der Waals surface area (Å²) in [6.45, 7) is 4.20. The number of carbonyl (C=O) groups is 1. The van der Waals surface area contributed by atoms with Crippen molar-refractivity contribution >= 4 is 59.9 Å². The number of ether oxygens (including phenoxy) is 1. The van der Waals surface area contributed by atoms with Crippen molar-refractivity contribution in [1.29, 1.82) is 0 Å². The number of likely N-dealkylation sites (tertiary alicyclic amines) is 1. The normalized spacial score (nSPS) is 16.4. The number of carboxylic acids is 1. The van der Waals surface area contributed by atoms with Crippen LogP contribution in [0.25, 0.3) is 11.3 Å². The highest BCUT2D eigenvalue weighted by Gasteiger charge is 2.22. The van der Waals surface area contributed by atoms with E-state index in [2.05, 4.69) is 25.1 Å². The molecule has 42 heavy (non-hydrogen) atoms. The summed E-state index contributed by atoms with van der Waals surface area (Å²) in [7, 11) is 2.00. The molecule has 3 aromatic rings. The molecule has 0 bridgehead atoms. The van der Waals surface area contributed by atoms with Gasteiger partial charge in [-0.1, -0.05) is 23.2 Å². The zero-order valence-corrected chi connectivity index (χ0v) is 26.5. The molecule has 0 aliphatic carbocycles. The number of benzene rings is 1. The van der Waals surface area contributed by atoms with E-state index in [-0.39, 0.29) is 37.2 Å². The molecular weight excluding hydrogens is 622 g/mol. The molecule has 1 aromatic carbocycles. The van der Waals surface area contributed by atoms with Crippen LogP contribution < -0.4 is 15.0 Å². The van der Waals surface area contributed by atoms with E-state index < -0.39 is 5.97 Å². The van der Waals surface area contributed by atoms with Crippen molar-refractivity contribution < 1.29 is 14.6 Å². The van der Waals surface area contributed by atoms with Crippen molar-refractivity contribution in [2.75, 3.05) is 38.1 Å². The largest absolute Gasteiger partial charge is 0.481 e. The van der Waals surface area contributed by atoms with E-state index in [0.717, 1.165) is 63.0 Å². The molecule has 0 unspecified atom stereocenters. The minimum atomic E-state index is -0.727. The van der Waals surface area contributed by atoms with Crippen LogP contribution in [0.3, 0.4) is 0 Å². The molecule has 2 aliphatic rings. The fourth-order valence-electron chi connectivity index (χ4n) is 5.42. The number of hydrogen-bond acceptors (Lipinski definition) is 8. The van der Waals surface area contributed by atoms with E-state index in [1.54, 1.807) is 18.5 Å². The maximum absolute atomic E-state index is 11.1. The number of halogens is 4. The van der Waals surface area contributed by atoms with Crippen molar-refractivity contribution in [1.82, 2.24) is 25.2 Å². The van der Waals surface area contributed by atoms with Gasteiger partial charge in [0.25, 0.3) is 0 Å². The number of hydrogen-bond donors (Lipinski definition) is 2. The van der Waals surface area contributed by atoms with Crippen molar-refractivity contribution in [2.24, 2.45) is 5.92 Å². The first kappa shape index (κ1) is 34.1. The van der Waals surface area contributed by atoms with Gasteiger partial charge in [0, 0.05) is 53.8 Å². The lowest BCUT2D eigenvalue weighted by molar-refractivity contribution is -0.138. The van der Waals surface area contributed by atoms with E-state index >= 15 is 0 Å². The smallest absolute Gasteiger partial charge is 0.303 e. The fraction of sp³-hybridized carbons (Fsp3) is 0.448. The van der Waals surface area contributed by atoms with Crippen LogP contribution in [0.5, 0.6) is 11.6 Å². The van der Waals surface area contributed by atoms with Gasteiger partial charge in [0.2, 0.25) is 11.8 Å². The molecule has 5 rings (SSSR count). The Morgan fingerprint density at radius 3 is 2.21 bits per heavy atom. The lowest BCUT2D eigenvalue weighted by atomic mass is 9.93. The predicted molar refractivity (Wildman–Crippen MR) is 171 cm³/mol. The zero-order valence-electron chi connectivity index (χ0n) is 23.3. The van der Waals surface area contributed by atoms with Crippen LogP contribution in [0.2, 0.25) is 10.0 Å². The molecule has 4 heterocycles. The molecule has 0 amide bonds. The zero-order chi connectivity index (χ0) is 28.1. The Bertz CT molecular complexity index is 1300. The average Bonchev–Trinajstić information content (AvgIpc) is 2.94. The maximum Gasteiger partial charge on any atom is 0.303 e. The van der Waals surface area contributed by atoms with Crippen molar-refractivity contribution in [2.45, 2.75) is 44.7 Å². The standard InChI is InChI=1S/C29H34Cl2N6O3.2ClH/c1-32-24-4-8-37(9-5-24)29-33-16-25(17-34-29)40-27-11-20(18-36-6-2-19(3-7-36)12-28(38)39)10-26(35-27)21-13-22(30)15-23(31)14-21;;/h10-11,13-17,19,24,32H,2-9,12,18H2,1H3,(H,38,39);2*1H. The first-order valence-corrected chi connectivity index (χ1v) is 14.4. The molecular formula is C29H36Cl4N6O3. The molecule has 228 valence electrons. The fourth-order valence-corrected chi connectivity index (χ4v) is 5.95. The molecule has 13 heteroatoms. The number of nitrogens with zero attached hydrogens (tertiary/aromatic N) is 5. The van der Waals surface area contributed by atoms with E-state index in [0.29, 0.717) is 45.9 Å². The van der Waals surface area contributed by atoms with Gasteiger partial charge in [0.05, 0.1) is 18.1 Å². The number of aliphatic carboxylic acids is 1. The quantitative estimate of drug-likeness (QED) is 0.272. The number of aromatic nitrogens is 3. The number of anilines is 1. The summed E-state index contributed by atoms with van der Waals surface area (Å²) in [5.41, 5.74) is 2.52. The Hall–Kier alpha value is -2.40. The molecule has 2 fully saturated rings. The third kappa shape index (κ3) is 9.30. The highest BCUT2D eigenvalue weighted by molar-refractivity contribution is 6.35. The van der Waals surface area contributed by atoms with E-state index in [9.17, 15) is 4.79 Å². The topological polar surface area (TPSA) is 104 Å². The predicted octanol–water partition coefficient (Wildman–Crippen LogP) is 6.36. The van der Waals surface area contributed by atoms with E-state index in [1.807, 2.05) is 31.3 Å². The second kappa shape index (κ2) is 15.9. The first-order valence-electron chi connectivity index (χ1n) is 13.7. The van der Waals surface area contributed by atoms with Crippen LogP contribution >= 0.6 is 48.0 Å². The molecule has 9 nitrogen and oxygen atoms in total. The van der Waals surface area contributed by atoms with Gasteiger partial charge in [-0.05, 0) is 81.6 Å². The van der Waals surface area contributed by atoms with Gasteiger partial charge in [0.1, 0.15) is 0 Å². The van der Waals surface area contributed by atoms with E-state index in [4.69, 9.17) is 38.0 Å². The Kier molecular flexibility index (Phi) is 12.9. The molecule has 2 aromatic heterocycles. The molecule has 2 aliphatic heterocycles. The van der Waals surface area contributed by atoms with Crippen molar-refractivity contribution in [3.8, 4) is 22.9 Å². The van der Waals surface area contributed by atoms with Crippen LogP contribution in [-0.4, -0.2) is 70.2 Å². The van der Waals surface area contributed by atoms with Gasteiger partial charge in [-0.2, -0.15) is 0 Å². The Labute approximate surface area is 268 Å². The SMILES string of the molecule is CNC1CCN(c2ncc(Oc3cc(CN4CCC(CC(=O)O)CC4)cc(-c4cc(Cl)cc(Cl)c4)n3)cn2)CC1.Cl.Cl. The summed E-state index contributed by atoms with van der Waals surface area (Å²) in [5.74, 6) is 1.13. The van der Waals surface area contributed by atoms with Gasteiger partial charge in [-0.25, -0.2) is 15.0 Å². The molecule has 2 N–H and O–H groups in total. The number of rotatable bonds is 9. The van der Waals surface area contributed by atoms with Gasteiger partial charge in [-0.3, -0.25) is 9.69 Å². The molecule has 0 atom stereocenters. The monoisotopic (exact) mass is 656 g/mol. The van der Waals surface area contributed by atoms with Crippen LogP contribution in [0.15, 0.2) is 42.7 Å². The first-order chi connectivity index (χ1) is 19.3. The summed E-state index contributed by atoms with van der Waals surface area (Å²) in [6.07, 6.45) is 7.45. The lowest BCUT2D eigenvalue weighted by Gasteiger charge is -2.31. The molecule has 0 radical (unpaired) electrons. The van der Waals surface area contributed by atoms with E-state index in [1.165, 1.54) is 0 Å². The van der Waals surface area contributed by atoms with Crippen LogP contribution in [-0.2, 0) is 11.3 Å². The highest BCUT2D eigenvalue weighted by atomic mass is 35.5. The summed E-state index contributed by atoms with van der Waals surface area (Å²) >= 11 is 12.6. The Balaban J connectivity index is 0.00000242. The summed E-state index contributed by atoms with van der Waals surface area (Å²) in [4.78, 5) is 29.5. The van der Waals surface area contributed by atoms with Gasteiger partial charge >= 0.3 is 5.97 Å². The van der Waals surface area contributed by atoms with Gasteiger partial charge < -0.3 is 20.1 Å². The second-order valence-corrected chi connectivity index (χ2v) is 11.4. The Morgan fingerprint density at radius 1 is 0.976 bits per heavy atom. The third-order valence-electron chi connectivity index (χ3n) is 7.62. The maximum atomic E-state index is 11.1. The highest BCUT2D eigenvalue weighted by Crippen LogP contribution is 2.31. The number of pyridine rings is 1. The lowest BCUT2D eigenvalue weighted by Crippen LogP contribution is -2.41. The van der Waals surface area contributed by atoms with Crippen molar-refractivity contribution in [3.05, 3.63) is 58.3 Å². The number of piperidine rings is 2. The van der Waals surface area contributed by atoms with Gasteiger partial charge in [-0.15, -0.1) is 24.8 Å². The summed E-state index contributed by atoms with van der Waals surface area (Å²) < 4.78 is 6.15. The van der Waals surface area contributed by atoms with Crippen molar-refractivity contribution in [3.63, 3.8) is 0 Å². The third-order valence-corrected chi connectivity index (χ3v) is 8.06.